The fraction of sp³-hybridized carbons (Fsp3) is 0.339. The number of hydrogen-bond donors (Lipinski definition) is 1. The first-order chi connectivity index (χ1) is 36.0. The Balaban J connectivity index is 1.19. The van der Waals surface area contributed by atoms with Gasteiger partial charge in [0.15, 0.2) is 24.8 Å². The van der Waals surface area contributed by atoms with E-state index >= 15 is 0 Å². The van der Waals surface area contributed by atoms with Gasteiger partial charge in [0.05, 0.1) is 49.2 Å². The van der Waals surface area contributed by atoms with E-state index in [1.807, 2.05) is 91.0 Å². The van der Waals surface area contributed by atoms with Gasteiger partial charge in [0.1, 0.15) is 37.1 Å². The molecule has 0 bridgehead atoms. The van der Waals surface area contributed by atoms with E-state index in [-0.39, 0.29) is 43.1 Å². The number of ether oxygens (including phenoxy) is 10. The van der Waals surface area contributed by atoms with E-state index in [1.54, 1.807) is 91.0 Å². The lowest BCUT2D eigenvalue weighted by Gasteiger charge is -2.49. The van der Waals surface area contributed by atoms with Crippen molar-refractivity contribution in [2.24, 2.45) is 5.73 Å². The number of carbonyl (C=O) groups is 3. The van der Waals surface area contributed by atoms with Crippen LogP contribution in [-0.2, 0) is 67.2 Å². The van der Waals surface area contributed by atoms with Crippen molar-refractivity contribution in [3.63, 3.8) is 0 Å². The molecule has 8 rings (SSSR count). The van der Waals surface area contributed by atoms with Gasteiger partial charge in [-0.3, -0.25) is 0 Å². The molecule has 6 aromatic carbocycles. The van der Waals surface area contributed by atoms with Crippen molar-refractivity contribution < 1.29 is 61.8 Å². The molecule has 0 radical (unpaired) electrons. The van der Waals surface area contributed by atoms with Gasteiger partial charge in [-0.1, -0.05) is 165 Å². The van der Waals surface area contributed by atoms with Gasteiger partial charge in [0.2, 0.25) is 0 Å². The van der Waals surface area contributed by atoms with E-state index in [0.717, 1.165) is 22.7 Å². The molecule has 0 amide bonds. The van der Waals surface area contributed by atoms with Gasteiger partial charge in [-0.25, -0.2) is 14.4 Å². The highest BCUT2D eigenvalue weighted by Crippen LogP contribution is 2.36. The summed E-state index contributed by atoms with van der Waals surface area (Å²) >= 11 is 0. The van der Waals surface area contributed by atoms with Gasteiger partial charge in [0.25, 0.3) is 0 Å². The maximum atomic E-state index is 14.1. The topological polar surface area (TPSA) is 170 Å². The number of rotatable bonds is 23. The minimum atomic E-state index is -1.58. The van der Waals surface area contributed by atoms with E-state index < -0.39 is 93.9 Å². The van der Waals surface area contributed by atoms with E-state index in [9.17, 15) is 14.4 Å². The maximum absolute atomic E-state index is 14.1. The molecule has 14 nitrogen and oxygen atoms in total. The molecular formula is C59H65NO13Si. The molecular weight excluding hydrogens is 959 g/mol. The Morgan fingerprint density at radius 3 is 1.38 bits per heavy atom. The first-order valence-corrected chi connectivity index (χ1v) is 28.7. The molecule has 74 heavy (non-hydrogen) atoms. The molecule has 2 aliphatic heterocycles. The van der Waals surface area contributed by atoms with Gasteiger partial charge in [-0.05, 0) is 59.1 Å². The summed E-state index contributed by atoms with van der Waals surface area (Å²) in [5.74, 6) is -2.18. The van der Waals surface area contributed by atoms with Crippen LogP contribution in [0.2, 0.25) is 25.7 Å². The van der Waals surface area contributed by atoms with Gasteiger partial charge < -0.3 is 53.1 Å². The largest absolute Gasteiger partial charge is 0.459 e. The Hall–Kier alpha value is -6.37. The zero-order valence-corrected chi connectivity index (χ0v) is 42.9. The lowest BCUT2D eigenvalue weighted by Crippen LogP contribution is -2.68. The Kier molecular flexibility index (Phi) is 19.5. The molecule has 2 fully saturated rings. The molecule has 2 saturated heterocycles. The monoisotopic (exact) mass is 1020 g/mol. The van der Waals surface area contributed by atoms with Crippen LogP contribution >= 0.6 is 0 Å². The van der Waals surface area contributed by atoms with E-state index in [4.69, 9.17) is 53.1 Å². The van der Waals surface area contributed by atoms with Gasteiger partial charge >= 0.3 is 17.9 Å². The van der Waals surface area contributed by atoms with Gasteiger partial charge in [-0.15, -0.1) is 0 Å². The lowest BCUT2D eigenvalue weighted by atomic mass is 9.95. The van der Waals surface area contributed by atoms with E-state index in [2.05, 4.69) is 19.6 Å². The van der Waals surface area contributed by atoms with Crippen molar-refractivity contribution in [2.45, 2.75) is 107 Å². The van der Waals surface area contributed by atoms with Crippen molar-refractivity contribution in [3.05, 3.63) is 215 Å². The van der Waals surface area contributed by atoms with Crippen LogP contribution in [0.3, 0.4) is 0 Å². The third kappa shape index (κ3) is 15.4. The fourth-order valence-corrected chi connectivity index (χ4v) is 9.26. The predicted molar refractivity (Wildman–Crippen MR) is 278 cm³/mol. The number of carbonyl (C=O) groups excluding carboxylic acids is 3. The molecule has 0 aliphatic carbocycles. The number of hydrogen-bond acceptors (Lipinski definition) is 14. The fourth-order valence-electron chi connectivity index (χ4n) is 8.53. The average Bonchev–Trinajstić information content (AvgIpc) is 3.42. The summed E-state index contributed by atoms with van der Waals surface area (Å²) in [4.78, 5) is 41.7. The standard InChI is InChI=1S/C59H65NO13Si/c1-74(2,3)35-34-65-59-54(67-38-43-26-14-6-15-27-43)53(66-37-42-24-12-5-13-25-42)51(47(70-59)39-64-36-41-22-10-4-11-23-41)73-58-49(60)52(72-57(63)46-32-20-9-21-33-46)50(71-56(62)45-30-18-8-19-31-45)48(69-58)40-68-55(61)44-28-16-7-17-29-44/h4-33,47-54,58-59H,34-40,60H2,1-3H3/t47-,48-,49+,50-,51-,52-,53+,54-,58+,59-/m1/s1. The summed E-state index contributed by atoms with van der Waals surface area (Å²) in [7, 11) is -1.58. The summed E-state index contributed by atoms with van der Waals surface area (Å²) in [6.45, 7) is 7.32. The second-order valence-corrected chi connectivity index (χ2v) is 25.0. The maximum Gasteiger partial charge on any atom is 0.338 e. The van der Waals surface area contributed by atoms with Gasteiger partial charge in [-0.2, -0.15) is 0 Å². The zero-order valence-electron chi connectivity index (χ0n) is 41.9. The van der Waals surface area contributed by atoms with Crippen molar-refractivity contribution in [3.8, 4) is 0 Å². The summed E-state index contributed by atoms with van der Waals surface area (Å²) in [6, 6.07) is 53.8. The quantitative estimate of drug-likeness (QED) is 0.0366. The molecule has 0 unspecified atom stereocenters. The highest BCUT2D eigenvalue weighted by Gasteiger charge is 2.55. The van der Waals surface area contributed by atoms with Crippen LogP contribution < -0.4 is 5.73 Å². The second-order valence-electron chi connectivity index (χ2n) is 19.4. The first kappa shape index (κ1) is 53.9. The molecule has 2 aliphatic rings. The van der Waals surface area contributed by atoms with E-state index in [1.165, 1.54) is 0 Å². The number of nitrogens with two attached hydrogens (primary N) is 1. The van der Waals surface area contributed by atoms with Crippen LogP contribution in [0.4, 0.5) is 0 Å². The second kappa shape index (κ2) is 26.7. The van der Waals surface area contributed by atoms with Crippen molar-refractivity contribution >= 4 is 26.0 Å². The summed E-state index contributed by atoms with van der Waals surface area (Å²) < 4.78 is 66.2. The van der Waals surface area contributed by atoms with Crippen LogP contribution in [0.25, 0.3) is 0 Å². The highest BCUT2D eigenvalue weighted by molar-refractivity contribution is 6.76. The SMILES string of the molecule is C[Si](C)(C)CCO[C@@H]1O[C@H](COCc2ccccc2)[C@@H](O[C@@H]2O[C@H](COC(=O)c3ccccc3)[C@@H](OC(=O)c3ccccc3)[C@H](OC(=O)c3ccccc3)[C@@H]2N)[C@H](OCc2ccccc2)[C@H]1OCc1ccccc1. The molecule has 2 heterocycles. The van der Waals surface area contributed by atoms with Gasteiger partial charge in [0, 0.05) is 14.7 Å². The lowest BCUT2D eigenvalue weighted by molar-refractivity contribution is -0.357. The number of benzene rings is 6. The zero-order chi connectivity index (χ0) is 51.7. The third-order valence-electron chi connectivity index (χ3n) is 12.6. The van der Waals surface area contributed by atoms with Crippen molar-refractivity contribution in [1.29, 1.82) is 0 Å². The molecule has 388 valence electrons. The molecule has 0 spiro atoms. The third-order valence-corrected chi connectivity index (χ3v) is 14.3. The number of esters is 3. The average molecular weight is 1020 g/mol. The Morgan fingerprint density at radius 2 is 0.878 bits per heavy atom. The summed E-state index contributed by atoms with van der Waals surface area (Å²) in [6.07, 6.45) is -10.4. The van der Waals surface area contributed by atoms with Crippen LogP contribution in [-0.4, -0.2) is 107 Å². The Morgan fingerprint density at radius 1 is 0.459 bits per heavy atom. The molecule has 10 atom stereocenters. The summed E-state index contributed by atoms with van der Waals surface area (Å²) in [5.41, 5.74) is 10.7. The minimum absolute atomic E-state index is 0.00610. The van der Waals surface area contributed by atoms with Crippen molar-refractivity contribution in [2.75, 3.05) is 19.8 Å². The van der Waals surface area contributed by atoms with E-state index in [0.29, 0.717) is 6.61 Å². The first-order valence-electron chi connectivity index (χ1n) is 25.0. The minimum Gasteiger partial charge on any atom is -0.459 e. The smallest absolute Gasteiger partial charge is 0.338 e. The molecule has 6 aromatic rings. The highest BCUT2D eigenvalue weighted by atomic mass is 28.3. The normalized spacial score (nSPS) is 23.8. The molecule has 0 aromatic heterocycles. The summed E-state index contributed by atoms with van der Waals surface area (Å²) in [5, 5.41) is 0. The van der Waals surface area contributed by atoms with Crippen LogP contribution in [0, 0.1) is 0 Å². The predicted octanol–water partition coefficient (Wildman–Crippen LogP) is 9.20. The van der Waals surface area contributed by atoms with Crippen LogP contribution in [0.1, 0.15) is 47.8 Å². The molecule has 2 N–H and O–H groups in total. The van der Waals surface area contributed by atoms with Crippen LogP contribution in [0.15, 0.2) is 182 Å². The molecule has 0 saturated carbocycles. The van der Waals surface area contributed by atoms with Crippen LogP contribution in [0.5, 0.6) is 0 Å². The Bertz CT molecular complexity index is 2630. The molecule has 15 heteroatoms. The Labute approximate surface area is 433 Å². The van der Waals surface area contributed by atoms with Crippen molar-refractivity contribution in [1.82, 2.24) is 0 Å².